The molecule has 0 fully saturated rings. The normalized spacial score (nSPS) is 12.9. The van der Waals surface area contributed by atoms with Gasteiger partial charge in [-0.15, -0.1) is 0 Å². The van der Waals surface area contributed by atoms with Gasteiger partial charge in [0.15, 0.2) is 0 Å². The monoisotopic (exact) mass is 644 g/mol. The van der Waals surface area contributed by atoms with Crippen LogP contribution >= 0.6 is 0 Å². The summed E-state index contributed by atoms with van der Waals surface area (Å²) >= 11 is 0. The number of carboxylic acid groups (broad SMARTS) is 2. The first-order valence-electron chi connectivity index (χ1n) is 19.1. The van der Waals surface area contributed by atoms with Gasteiger partial charge in [0.1, 0.15) is 0 Å². The Kier molecular flexibility index (Phi) is 34.0. The number of hydrogen-bond donors (Lipinski definition) is 2. The zero-order valence-corrected chi connectivity index (χ0v) is 30.2. The minimum absolute atomic E-state index is 0.313. The average molecular weight is 644 g/mol. The first-order valence-corrected chi connectivity index (χ1v) is 19.1. The molecule has 0 aromatic heterocycles. The lowest BCUT2D eigenvalue weighted by Gasteiger charge is -2.21. The lowest BCUT2D eigenvalue weighted by molar-refractivity contribution is -0.138. The summed E-state index contributed by atoms with van der Waals surface area (Å²) in [6, 6.07) is 0. The van der Waals surface area contributed by atoms with E-state index in [0.717, 1.165) is 70.1 Å². The third kappa shape index (κ3) is 38.0. The second-order valence-electron chi connectivity index (χ2n) is 13.5. The van der Waals surface area contributed by atoms with Crippen LogP contribution in [0.4, 0.5) is 0 Å². The van der Waals surface area contributed by atoms with Gasteiger partial charge in [-0.3, -0.25) is 9.59 Å². The summed E-state index contributed by atoms with van der Waals surface area (Å²) in [4.78, 5) is 23.4. The van der Waals surface area contributed by atoms with Crippen molar-refractivity contribution in [3.8, 4) is 0 Å². The molecule has 0 radical (unpaired) electrons. The van der Waals surface area contributed by atoms with E-state index in [1.54, 1.807) is 0 Å². The van der Waals surface area contributed by atoms with Crippen molar-refractivity contribution in [3.63, 3.8) is 0 Å². The molecule has 0 aliphatic rings. The number of aliphatic carboxylic acids is 2. The summed E-state index contributed by atoms with van der Waals surface area (Å²) in [5, 5.41) is 17.3. The van der Waals surface area contributed by atoms with Gasteiger partial charge < -0.3 is 15.1 Å². The summed E-state index contributed by atoms with van der Waals surface area (Å²) in [6.07, 6.45) is 48.9. The number of unbranched alkanes of at least 4 members (excludes halogenated alkanes) is 17. The fourth-order valence-corrected chi connectivity index (χ4v) is 5.91. The summed E-state index contributed by atoms with van der Waals surface area (Å²) in [7, 11) is 4.43. The van der Waals surface area contributed by atoms with Gasteiger partial charge >= 0.3 is 11.9 Å². The van der Waals surface area contributed by atoms with Crippen molar-refractivity contribution in [3.05, 3.63) is 48.6 Å². The lowest BCUT2D eigenvalue weighted by Crippen LogP contribution is -2.21. The van der Waals surface area contributed by atoms with Crippen molar-refractivity contribution >= 4 is 11.9 Å². The zero-order valence-electron chi connectivity index (χ0n) is 30.2. The highest BCUT2D eigenvalue weighted by Gasteiger charge is 2.09. The van der Waals surface area contributed by atoms with E-state index in [1.807, 2.05) is 0 Å². The first-order chi connectivity index (χ1) is 22.4. The molecule has 0 heterocycles. The van der Waals surface area contributed by atoms with Crippen molar-refractivity contribution in [1.82, 2.24) is 4.90 Å². The van der Waals surface area contributed by atoms with E-state index in [-0.39, 0.29) is 0 Å². The fraction of sp³-hybridized carbons (Fsp3) is 0.756. The molecule has 266 valence electrons. The van der Waals surface area contributed by atoms with Gasteiger partial charge in [0.25, 0.3) is 0 Å². The molecule has 0 aliphatic heterocycles. The Morgan fingerprint density at radius 1 is 0.457 bits per heavy atom. The van der Waals surface area contributed by atoms with Crippen molar-refractivity contribution in [2.75, 3.05) is 20.6 Å². The fourth-order valence-electron chi connectivity index (χ4n) is 5.91. The number of carboxylic acids is 2. The van der Waals surface area contributed by atoms with E-state index in [1.165, 1.54) is 103 Å². The molecule has 2 N–H and O–H groups in total. The Bertz CT molecular complexity index is 798. The first kappa shape index (κ1) is 43.9. The topological polar surface area (TPSA) is 77.8 Å². The molecule has 0 spiro atoms. The number of carbonyl (C=O) groups is 2. The minimum atomic E-state index is -0.675. The second kappa shape index (κ2) is 35.7. The zero-order chi connectivity index (χ0) is 33.8. The Morgan fingerprint density at radius 3 is 1.11 bits per heavy atom. The maximum atomic E-state index is 10.5. The van der Waals surface area contributed by atoms with E-state index >= 15 is 0 Å². The number of rotatable bonds is 35. The van der Waals surface area contributed by atoms with Crippen molar-refractivity contribution in [2.45, 2.75) is 173 Å². The van der Waals surface area contributed by atoms with Gasteiger partial charge in [-0.2, -0.15) is 0 Å². The molecular formula is C41H73NO4. The average Bonchev–Trinajstić information content (AvgIpc) is 3.01. The van der Waals surface area contributed by atoms with Crippen LogP contribution < -0.4 is 0 Å². The smallest absolute Gasteiger partial charge is 0.303 e. The summed E-state index contributed by atoms with van der Waals surface area (Å²) < 4.78 is 0. The molecule has 0 aromatic carbocycles. The van der Waals surface area contributed by atoms with Crippen LogP contribution in [-0.4, -0.2) is 47.7 Å². The van der Waals surface area contributed by atoms with Crippen LogP contribution in [0.5, 0.6) is 0 Å². The Morgan fingerprint density at radius 2 is 0.761 bits per heavy atom. The van der Waals surface area contributed by atoms with Crippen LogP contribution in [0.2, 0.25) is 0 Å². The van der Waals surface area contributed by atoms with E-state index in [9.17, 15) is 9.59 Å². The van der Waals surface area contributed by atoms with Gasteiger partial charge in [-0.1, -0.05) is 119 Å². The van der Waals surface area contributed by atoms with Crippen LogP contribution in [0.15, 0.2) is 48.6 Å². The summed E-state index contributed by atoms with van der Waals surface area (Å²) in [6.45, 7) is 1.22. The number of nitrogens with zero attached hydrogens (tertiary/aromatic N) is 1. The molecule has 0 aromatic rings. The molecule has 0 saturated carbocycles. The molecule has 46 heavy (non-hydrogen) atoms. The largest absolute Gasteiger partial charge is 0.481 e. The molecule has 0 amide bonds. The van der Waals surface area contributed by atoms with Gasteiger partial charge in [0.2, 0.25) is 0 Å². The van der Waals surface area contributed by atoms with Crippen LogP contribution in [0.25, 0.3) is 0 Å². The SMILES string of the molecule is CN(C)CC(CCCCC/C=C\C/C=C\CCCCCCCC(=O)O)CCCCCC/C=C\C/C=C\CCCCCCCC(=O)O. The van der Waals surface area contributed by atoms with E-state index in [0.29, 0.717) is 12.8 Å². The standard InChI is InChI=1S/C41H73NO4/c1-42(2)38-39(35-31-27-23-19-15-11-7-5-9-13-17-21-25-29-33-37-41(45)46)34-30-26-22-18-14-10-6-3-4-8-12-16-20-24-28-32-36-40(43)44/h4-6,8-11,15,39H,3,7,12-14,16-38H2,1-2H3,(H,43,44)(H,45,46)/b8-4-,9-5-,10-6-,15-11-. The van der Waals surface area contributed by atoms with Crippen LogP contribution in [0.1, 0.15) is 173 Å². The van der Waals surface area contributed by atoms with Crippen molar-refractivity contribution in [1.29, 1.82) is 0 Å². The molecule has 0 saturated heterocycles. The molecule has 5 nitrogen and oxygen atoms in total. The Hall–Kier alpha value is -2.14. The number of hydrogen-bond acceptors (Lipinski definition) is 3. The summed E-state index contributed by atoms with van der Waals surface area (Å²) in [5.74, 6) is -0.512. The molecule has 5 heteroatoms. The van der Waals surface area contributed by atoms with Crippen molar-refractivity contribution < 1.29 is 19.8 Å². The Labute approximate surface area is 284 Å². The molecule has 0 rings (SSSR count). The Balaban J connectivity index is 3.66. The third-order valence-corrected chi connectivity index (χ3v) is 8.57. The highest BCUT2D eigenvalue weighted by atomic mass is 16.4. The van der Waals surface area contributed by atoms with Gasteiger partial charge in [-0.05, 0) is 110 Å². The van der Waals surface area contributed by atoms with Crippen LogP contribution in [0, 0.1) is 5.92 Å². The van der Waals surface area contributed by atoms with E-state index in [4.69, 9.17) is 10.2 Å². The highest BCUT2D eigenvalue weighted by Crippen LogP contribution is 2.20. The van der Waals surface area contributed by atoms with Crippen molar-refractivity contribution in [2.24, 2.45) is 5.92 Å². The lowest BCUT2D eigenvalue weighted by atomic mass is 9.94. The van der Waals surface area contributed by atoms with Crippen LogP contribution in [0.3, 0.4) is 0 Å². The maximum Gasteiger partial charge on any atom is 0.303 e. The maximum absolute atomic E-state index is 10.5. The molecule has 0 bridgehead atoms. The van der Waals surface area contributed by atoms with Gasteiger partial charge in [0, 0.05) is 19.4 Å². The second-order valence-corrected chi connectivity index (χ2v) is 13.5. The predicted molar refractivity (Wildman–Crippen MR) is 199 cm³/mol. The van der Waals surface area contributed by atoms with Gasteiger partial charge in [-0.25, -0.2) is 0 Å². The van der Waals surface area contributed by atoms with E-state index in [2.05, 4.69) is 67.6 Å². The molecular weight excluding hydrogens is 570 g/mol. The van der Waals surface area contributed by atoms with Gasteiger partial charge in [0.05, 0.1) is 0 Å². The highest BCUT2D eigenvalue weighted by molar-refractivity contribution is 5.66. The van der Waals surface area contributed by atoms with Crippen LogP contribution in [-0.2, 0) is 9.59 Å². The third-order valence-electron chi connectivity index (χ3n) is 8.57. The number of allylic oxidation sites excluding steroid dienone is 8. The quantitative estimate of drug-likeness (QED) is 0.0531. The minimum Gasteiger partial charge on any atom is -0.481 e. The van der Waals surface area contributed by atoms with E-state index < -0.39 is 11.9 Å². The summed E-state index contributed by atoms with van der Waals surface area (Å²) in [5.41, 5.74) is 0. The molecule has 1 atom stereocenters. The predicted octanol–water partition coefficient (Wildman–Crippen LogP) is 12.1. The molecule has 1 unspecified atom stereocenters. The molecule has 0 aliphatic carbocycles.